The first-order chi connectivity index (χ1) is 11.4. The van der Waals surface area contributed by atoms with E-state index in [1.54, 1.807) is 32.0 Å². The third kappa shape index (κ3) is 3.15. The van der Waals surface area contributed by atoms with Crippen LogP contribution in [-0.2, 0) is 14.3 Å². The van der Waals surface area contributed by atoms with Gasteiger partial charge in [-0.25, -0.2) is 4.98 Å². The minimum Gasteiger partial charge on any atom is -0.440 e. The average molecular weight is 363 g/mol. The molecule has 2 heterocycles. The van der Waals surface area contributed by atoms with Crippen LogP contribution in [0.4, 0.5) is 0 Å². The number of rotatable bonds is 5. The molecule has 0 bridgehead atoms. The van der Waals surface area contributed by atoms with E-state index in [4.69, 9.17) is 8.60 Å². The molecule has 0 saturated carbocycles. The number of hydrogen-bond donors (Lipinski definition) is 0. The summed E-state index contributed by atoms with van der Waals surface area (Å²) in [6.45, 7) is 5.39. The van der Waals surface area contributed by atoms with E-state index >= 15 is 0 Å². The van der Waals surface area contributed by atoms with Gasteiger partial charge in [-0.1, -0.05) is 17.7 Å². The molecule has 24 heavy (non-hydrogen) atoms. The molecule has 7 heteroatoms. The summed E-state index contributed by atoms with van der Waals surface area (Å²) in [4.78, 5) is 5.52. The lowest BCUT2D eigenvalue weighted by molar-refractivity contribution is 0.338. The highest BCUT2D eigenvalue weighted by atomic mass is 32.2. The van der Waals surface area contributed by atoms with Crippen LogP contribution in [0.3, 0.4) is 0 Å². The largest absolute Gasteiger partial charge is 0.440 e. The van der Waals surface area contributed by atoms with E-state index in [1.807, 2.05) is 24.4 Å². The van der Waals surface area contributed by atoms with E-state index in [2.05, 4.69) is 4.98 Å². The van der Waals surface area contributed by atoms with Crippen LogP contribution < -0.4 is 0 Å². The van der Waals surface area contributed by atoms with Crippen LogP contribution in [0.5, 0.6) is 0 Å². The molecule has 0 atom stereocenters. The first-order valence-corrected chi connectivity index (χ1v) is 9.73. The van der Waals surface area contributed by atoms with Crippen molar-refractivity contribution in [2.45, 2.75) is 25.7 Å². The maximum absolute atomic E-state index is 12.4. The van der Waals surface area contributed by atoms with E-state index in [0.29, 0.717) is 22.9 Å². The third-order valence-corrected chi connectivity index (χ3v) is 5.76. The molecule has 5 nitrogen and oxygen atoms in total. The van der Waals surface area contributed by atoms with E-state index in [1.165, 1.54) is 11.3 Å². The van der Waals surface area contributed by atoms with Crippen molar-refractivity contribution in [3.8, 4) is 22.0 Å². The summed E-state index contributed by atoms with van der Waals surface area (Å²) in [5, 5.41) is 1.94. The maximum atomic E-state index is 12.4. The molecule has 0 aliphatic heterocycles. The standard InChI is InChI=1S/C17H17NO4S2/c1-4-21-24(19,20)15-8-7-11(2)10-13(15)16-12(3)22-17(18-16)14-6-5-9-23-14/h5-10H,4H2,1-3H3. The fraction of sp³-hybridized carbons (Fsp3) is 0.235. The SMILES string of the molecule is CCOS(=O)(=O)c1ccc(C)cc1-c1nc(-c2cccs2)oc1C. The number of aromatic nitrogens is 1. The number of hydrogen-bond acceptors (Lipinski definition) is 6. The molecule has 0 amide bonds. The minimum atomic E-state index is -3.85. The predicted octanol–water partition coefficient (Wildman–Crippen LogP) is 4.41. The van der Waals surface area contributed by atoms with Gasteiger partial charge in [0.15, 0.2) is 0 Å². The van der Waals surface area contributed by atoms with E-state index in [0.717, 1.165) is 10.4 Å². The Morgan fingerprint density at radius 2 is 2.04 bits per heavy atom. The normalized spacial score (nSPS) is 11.8. The Labute approximate surface area is 145 Å². The maximum Gasteiger partial charge on any atom is 0.297 e. The Balaban J connectivity index is 2.18. The molecule has 1 aromatic carbocycles. The van der Waals surface area contributed by atoms with Crippen LogP contribution in [-0.4, -0.2) is 20.0 Å². The van der Waals surface area contributed by atoms with Crippen molar-refractivity contribution >= 4 is 21.5 Å². The molecule has 3 aromatic rings. The number of benzene rings is 1. The highest BCUT2D eigenvalue weighted by molar-refractivity contribution is 7.87. The van der Waals surface area contributed by atoms with Crippen LogP contribution >= 0.6 is 11.3 Å². The Kier molecular flexibility index (Phi) is 4.58. The van der Waals surface area contributed by atoms with Crippen LogP contribution in [0.25, 0.3) is 22.0 Å². The minimum absolute atomic E-state index is 0.0773. The lowest BCUT2D eigenvalue weighted by Crippen LogP contribution is -2.08. The van der Waals surface area contributed by atoms with Gasteiger partial charge in [0.2, 0.25) is 5.89 Å². The van der Waals surface area contributed by atoms with Gasteiger partial charge < -0.3 is 4.42 Å². The summed E-state index contributed by atoms with van der Waals surface area (Å²) >= 11 is 1.52. The summed E-state index contributed by atoms with van der Waals surface area (Å²) in [7, 11) is -3.85. The number of aryl methyl sites for hydroxylation is 2. The molecule has 0 spiro atoms. The Bertz CT molecular complexity index is 957. The fourth-order valence-electron chi connectivity index (χ4n) is 2.42. The average Bonchev–Trinajstić information content (AvgIpc) is 3.16. The second-order valence-electron chi connectivity index (χ2n) is 5.26. The monoisotopic (exact) mass is 363 g/mol. The summed E-state index contributed by atoms with van der Waals surface area (Å²) in [5.74, 6) is 1.05. The zero-order chi connectivity index (χ0) is 17.3. The van der Waals surface area contributed by atoms with E-state index in [9.17, 15) is 8.42 Å². The topological polar surface area (TPSA) is 69.4 Å². The summed E-state index contributed by atoms with van der Waals surface area (Å²) in [6, 6.07) is 8.90. The van der Waals surface area contributed by atoms with Crippen molar-refractivity contribution in [1.29, 1.82) is 0 Å². The highest BCUT2D eigenvalue weighted by Crippen LogP contribution is 2.35. The lowest BCUT2D eigenvalue weighted by atomic mass is 10.1. The van der Waals surface area contributed by atoms with Crippen molar-refractivity contribution < 1.29 is 17.0 Å². The van der Waals surface area contributed by atoms with Crippen LogP contribution in [0.2, 0.25) is 0 Å². The Morgan fingerprint density at radius 1 is 1.25 bits per heavy atom. The van der Waals surface area contributed by atoms with Gasteiger partial charge in [-0.05, 0) is 44.4 Å². The van der Waals surface area contributed by atoms with Crippen molar-refractivity contribution in [2.24, 2.45) is 0 Å². The predicted molar refractivity (Wildman–Crippen MR) is 93.5 cm³/mol. The zero-order valence-corrected chi connectivity index (χ0v) is 15.2. The Morgan fingerprint density at radius 3 is 2.71 bits per heavy atom. The van der Waals surface area contributed by atoms with Gasteiger partial charge >= 0.3 is 0 Å². The zero-order valence-electron chi connectivity index (χ0n) is 13.6. The van der Waals surface area contributed by atoms with Crippen molar-refractivity contribution in [3.63, 3.8) is 0 Å². The van der Waals surface area contributed by atoms with Gasteiger partial charge in [-0.15, -0.1) is 11.3 Å². The van der Waals surface area contributed by atoms with Crippen molar-refractivity contribution in [1.82, 2.24) is 4.98 Å². The van der Waals surface area contributed by atoms with Crippen molar-refractivity contribution in [2.75, 3.05) is 6.61 Å². The Hall–Kier alpha value is -1.96. The molecule has 0 aliphatic rings. The van der Waals surface area contributed by atoms with Gasteiger partial charge in [0.05, 0.1) is 11.5 Å². The molecule has 0 N–H and O–H groups in total. The number of thiophene rings is 1. The first kappa shape index (κ1) is 16.9. The van der Waals surface area contributed by atoms with Crippen molar-refractivity contribution in [3.05, 3.63) is 47.0 Å². The molecule has 0 radical (unpaired) electrons. The molecule has 0 saturated heterocycles. The van der Waals surface area contributed by atoms with Gasteiger partial charge in [-0.2, -0.15) is 8.42 Å². The molecule has 0 aliphatic carbocycles. The van der Waals surface area contributed by atoms with Crippen LogP contribution in [0, 0.1) is 13.8 Å². The second-order valence-corrected chi connectivity index (χ2v) is 7.79. The molecule has 2 aromatic heterocycles. The van der Waals surface area contributed by atoms with E-state index in [-0.39, 0.29) is 11.5 Å². The van der Waals surface area contributed by atoms with Gasteiger partial charge in [0, 0.05) is 5.56 Å². The molecule has 126 valence electrons. The first-order valence-electron chi connectivity index (χ1n) is 7.44. The molecule has 3 rings (SSSR count). The molecular weight excluding hydrogens is 346 g/mol. The third-order valence-electron chi connectivity index (χ3n) is 3.46. The fourth-order valence-corrected chi connectivity index (χ4v) is 4.16. The number of oxazole rings is 1. The van der Waals surface area contributed by atoms with Crippen LogP contribution in [0.1, 0.15) is 18.2 Å². The summed E-state index contributed by atoms with van der Waals surface area (Å²) < 4.78 is 35.5. The number of nitrogens with zero attached hydrogens (tertiary/aromatic N) is 1. The van der Waals surface area contributed by atoms with Gasteiger partial charge in [-0.3, -0.25) is 4.18 Å². The molecule has 0 unspecified atom stereocenters. The smallest absolute Gasteiger partial charge is 0.297 e. The van der Waals surface area contributed by atoms with E-state index < -0.39 is 10.1 Å². The molecular formula is C17H17NO4S2. The molecule has 0 fully saturated rings. The lowest BCUT2D eigenvalue weighted by Gasteiger charge is -2.09. The van der Waals surface area contributed by atoms with Gasteiger partial charge in [0.25, 0.3) is 10.1 Å². The summed E-state index contributed by atoms with van der Waals surface area (Å²) in [5.41, 5.74) is 1.94. The van der Waals surface area contributed by atoms with Crippen LogP contribution in [0.15, 0.2) is 45.0 Å². The second kappa shape index (κ2) is 6.51. The quantitative estimate of drug-likeness (QED) is 0.628. The van der Waals surface area contributed by atoms with Gasteiger partial charge in [0.1, 0.15) is 16.3 Å². The summed E-state index contributed by atoms with van der Waals surface area (Å²) in [6.07, 6.45) is 0. The highest BCUT2D eigenvalue weighted by Gasteiger charge is 2.24.